The van der Waals surface area contributed by atoms with E-state index in [-0.39, 0.29) is 12.1 Å². The lowest BCUT2D eigenvalue weighted by Gasteiger charge is -2.12. The average molecular weight is 200 g/mol. The summed E-state index contributed by atoms with van der Waals surface area (Å²) in [6.45, 7) is 4.76. The number of rotatable bonds is 4. The zero-order valence-electron chi connectivity index (χ0n) is 8.75. The first-order valence-corrected chi connectivity index (χ1v) is 5.00. The van der Waals surface area contributed by atoms with Gasteiger partial charge in [-0.2, -0.15) is 0 Å². The highest BCUT2D eigenvalue weighted by Gasteiger charge is 2.19. The summed E-state index contributed by atoms with van der Waals surface area (Å²) in [5.74, 6) is -0.198. The molecular weight excluding hydrogens is 183 g/mol. The molecule has 0 spiro atoms. The van der Waals surface area contributed by atoms with E-state index < -0.39 is 0 Å². The Balaban J connectivity index is 2.61. The van der Waals surface area contributed by atoms with Gasteiger partial charge in [0.2, 0.25) is 0 Å². The van der Waals surface area contributed by atoms with Crippen LogP contribution in [0.2, 0.25) is 0 Å². The maximum Gasteiger partial charge on any atom is 0.180 e. The minimum absolute atomic E-state index is 0.198. The van der Waals surface area contributed by atoms with Crippen molar-refractivity contribution in [3.05, 3.63) is 23.6 Å². The van der Waals surface area contributed by atoms with Crippen molar-refractivity contribution >= 4 is 0 Å². The maximum absolute atomic E-state index is 12.5. The molecule has 0 unspecified atom stereocenters. The van der Waals surface area contributed by atoms with Crippen molar-refractivity contribution in [1.82, 2.24) is 0 Å². The van der Waals surface area contributed by atoms with Crippen LogP contribution in [0.1, 0.15) is 26.7 Å². The van der Waals surface area contributed by atoms with Crippen LogP contribution in [-0.4, -0.2) is 19.5 Å². The van der Waals surface area contributed by atoms with Gasteiger partial charge in [0.1, 0.15) is 0 Å². The van der Waals surface area contributed by atoms with Crippen molar-refractivity contribution < 1.29 is 13.9 Å². The largest absolute Gasteiger partial charge is 0.346 e. The molecule has 0 amide bonds. The molecule has 0 saturated carbocycles. The summed E-state index contributed by atoms with van der Waals surface area (Å²) in [6.07, 6.45) is 4.85. The second-order valence-corrected chi connectivity index (χ2v) is 3.32. The first-order valence-electron chi connectivity index (χ1n) is 5.00. The van der Waals surface area contributed by atoms with Crippen molar-refractivity contribution in [1.29, 1.82) is 0 Å². The molecule has 1 fully saturated rings. The number of allylic oxidation sites excluding steroid dienone is 3. The van der Waals surface area contributed by atoms with E-state index in [1.54, 1.807) is 6.08 Å². The molecule has 0 aromatic rings. The lowest BCUT2D eigenvalue weighted by molar-refractivity contribution is -0.0134. The predicted octanol–water partition coefficient (Wildman–Crippen LogP) is 2.96. The third-order valence-corrected chi connectivity index (χ3v) is 1.99. The fourth-order valence-corrected chi connectivity index (χ4v) is 1.36. The summed E-state index contributed by atoms with van der Waals surface area (Å²) in [5.41, 5.74) is 1.02. The summed E-state index contributed by atoms with van der Waals surface area (Å²) in [4.78, 5) is 0. The zero-order chi connectivity index (χ0) is 10.4. The van der Waals surface area contributed by atoms with Crippen molar-refractivity contribution in [3.63, 3.8) is 0 Å². The van der Waals surface area contributed by atoms with Gasteiger partial charge in [-0.1, -0.05) is 19.4 Å². The highest BCUT2D eigenvalue weighted by Crippen LogP contribution is 2.19. The SMILES string of the molecule is CCC/C(=C\C=C(/C)F)C1OCCO1. The third-order valence-electron chi connectivity index (χ3n) is 1.99. The Bertz CT molecular complexity index is 223. The Hall–Kier alpha value is -0.670. The number of halogens is 1. The van der Waals surface area contributed by atoms with E-state index in [2.05, 4.69) is 6.92 Å². The molecule has 0 radical (unpaired) electrons. The van der Waals surface area contributed by atoms with Crippen molar-refractivity contribution in [2.45, 2.75) is 33.0 Å². The fourth-order valence-electron chi connectivity index (χ4n) is 1.36. The molecule has 0 aromatic carbocycles. The molecule has 1 rings (SSSR count). The summed E-state index contributed by atoms with van der Waals surface area (Å²) < 4.78 is 23.2. The summed E-state index contributed by atoms with van der Waals surface area (Å²) in [5, 5.41) is 0. The Labute approximate surface area is 84.4 Å². The quantitative estimate of drug-likeness (QED) is 0.649. The molecule has 1 saturated heterocycles. The van der Waals surface area contributed by atoms with Gasteiger partial charge < -0.3 is 9.47 Å². The van der Waals surface area contributed by atoms with Crippen LogP contribution in [0.3, 0.4) is 0 Å². The van der Waals surface area contributed by atoms with Crippen molar-refractivity contribution in [2.75, 3.05) is 13.2 Å². The van der Waals surface area contributed by atoms with E-state index in [4.69, 9.17) is 9.47 Å². The summed E-state index contributed by atoms with van der Waals surface area (Å²) >= 11 is 0. The monoisotopic (exact) mass is 200 g/mol. The van der Waals surface area contributed by atoms with Crippen LogP contribution in [0, 0.1) is 0 Å². The smallest absolute Gasteiger partial charge is 0.180 e. The Morgan fingerprint density at radius 3 is 2.50 bits per heavy atom. The van der Waals surface area contributed by atoms with E-state index in [9.17, 15) is 4.39 Å². The van der Waals surface area contributed by atoms with Crippen LogP contribution in [0.15, 0.2) is 23.6 Å². The lowest BCUT2D eigenvalue weighted by atomic mass is 10.1. The van der Waals surface area contributed by atoms with Crippen molar-refractivity contribution in [3.8, 4) is 0 Å². The molecule has 0 N–H and O–H groups in total. The van der Waals surface area contributed by atoms with Gasteiger partial charge in [-0.05, 0) is 25.0 Å². The molecule has 0 atom stereocenters. The van der Waals surface area contributed by atoms with E-state index >= 15 is 0 Å². The first kappa shape index (κ1) is 11.4. The Morgan fingerprint density at radius 1 is 1.36 bits per heavy atom. The molecule has 80 valence electrons. The van der Waals surface area contributed by atoms with E-state index in [1.807, 2.05) is 0 Å². The molecule has 3 heteroatoms. The predicted molar refractivity (Wildman–Crippen MR) is 53.5 cm³/mol. The molecule has 0 aliphatic carbocycles. The maximum atomic E-state index is 12.5. The summed E-state index contributed by atoms with van der Waals surface area (Å²) in [7, 11) is 0. The number of hydrogen-bond acceptors (Lipinski definition) is 2. The van der Waals surface area contributed by atoms with Gasteiger partial charge in [-0.15, -0.1) is 0 Å². The average Bonchev–Trinajstić information content (AvgIpc) is 2.64. The van der Waals surface area contributed by atoms with Crippen LogP contribution >= 0.6 is 0 Å². The van der Waals surface area contributed by atoms with Gasteiger partial charge in [0, 0.05) is 0 Å². The van der Waals surface area contributed by atoms with Gasteiger partial charge in [0.25, 0.3) is 0 Å². The molecule has 14 heavy (non-hydrogen) atoms. The lowest BCUT2D eigenvalue weighted by Crippen LogP contribution is -2.11. The van der Waals surface area contributed by atoms with Gasteiger partial charge >= 0.3 is 0 Å². The first-order chi connectivity index (χ1) is 6.74. The van der Waals surface area contributed by atoms with Crippen LogP contribution in [-0.2, 0) is 9.47 Å². The van der Waals surface area contributed by atoms with E-state index in [1.165, 1.54) is 13.0 Å². The molecular formula is C11H17FO2. The normalized spacial score (nSPS) is 20.5. The molecule has 1 aliphatic heterocycles. The fraction of sp³-hybridized carbons (Fsp3) is 0.636. The van der Waals surface area contributed by atoms with E-state index in [0.717, 1.165) is 18.4 Å². The number of hydrogen-bond donors (Lipinski definition) is 0. The van der Waals surface area contributed by atoms with Crippen LogP contribution in [0.25, 0.3) is 0 Å². The minimum Gasteiger partial charge on any atom is -0.346 e. The van der Waals surface area contributed by atoms with Gasteiger partial charge in [-0.3, -0.25) is 0 Å². The third kappa shape index (κ3) is 3.60. The zero-order valence-corrected chi connectivity index (χ0v) is 8.75. The highest BCUT2D eigenvalue weighted by molar-refractivity contribution is 5.16. The molecule has 1 heterocycles. The number of ether oxygens (including phenoxy) is 2. The van der Waals surface area contributed by atoms with E-state index in [0.29, 0.717) is 13.2 Å². The molecule has 1 aliphatic rings. The topological polar surface area (TPSA) is 18.5 Å². The summed E-state index contributed by atoms with van der Waals surface area (Å²) in [6, 6.07) is 0. The van der Waals surface area contributed by atoms with Gasteiger partial charge in [-0.25, -0.2) is 4.39 Å². The standard InChI is InChI=1S/C11H17FO2/c1-3-4-10(6-5-9(2)12)11-13-7-8-14-11/h5-6,11H,3-4,7-8H2,1-2H3/b9-5+,10-6+. The van der Waals surface area contributed by atoms with Crippen molar-refractivity contribution in [2.24, 2.45) is 0 Å². The second kappa shape index (κ2) is 5.94. The van der Waals surface area contributed by atoms with Crippen LogP contribution in [0.5, 0.6) is 0 Å². The van der Waals surface area contributed by atoms with Crippen LogP contribution in [0.4, 0.5) is 4.39 Å². The Morgan fingerprint density at radius 2 is 2.00 bits per heavy atom. The van der Waals surface area contributed by atoms with Gasteiger partial charge in [0.15, 0.2) is 6.29 Å². The molecule has 0 aromatic heterocycles. The second-order valence-electron chi connectivity index (χ2n) is 3.32. The molecule has 2 nitrogen and oxygen atoms in total. The molecule has 0 bridgehead atoms. The highest BCUT2D eigenvalue weighted by atomic mass is 19.1. The van der Waals surface area contributed by atoms with Crippen LogP contribution < -0.4 is 0 Å². The van der Waals surface area contributed by atoms with Gasteiger partial charge in [0.05, 0.1) is 19.0 Å². The minimum atomic E-state index is -0.259. The Kier molecular flexibility index (Phi) is 4.84.